The third-order valence-electron chi connectivity index (χ3n) is 14.2. The fraction of sp³-hybridized carbons (Fsp3) is 0.0476. The van der Waals surface area contributed by atoms with Gasteiger partial charge in [-0.1, -0.05) is 190 Å². The third kappa shape index (κ3) is 5.67. The van der Waals surface area contributed by atoms with Gasteiger partial charge in [0.15, 0.2) is 0 Å². The van der Waals surface area contributed by atoms with E-state index in [0.29, 0.717) is 0 Å². The highest BCUT2D eigenvalue weighted by atomic mass is 15.1. The van der Waals surface area contributed by atoms with Gasteiger partial charge in [0.2, 0.25) is 0 Å². The number of hydrogen-bond acceptors (Lipinski definition) is 1. The predicted octanol–water partition coefficient (Wildman–Crippen LogP) is 17.4. The van der Waals surface area contributed by atoms with Gasteiger partial charge in [-0.05, 0) is 126 Å². The Bertz CT molecular complexity index is 3870. The lowest BCUT2D eigenvalue weighted by atomic mass is 9.82. The van der Waals surface area contributed by atoms with Gasteiger partial charge in [-0.2, -0.15) is 0 Å². The molecule has 0 fully saturated rings. The zero-order valence-electron chi connectivity index (χ0n) is 36.3. The van der Waals surface area contributed by atoms with E-state index in [9.17, 15) is 0 Å². The van der Waals surface area contributed by atoms with Crippen LogP contribution in [0.3, 0.4) is 0 Å². The second-order valence-electron chi connectivity index (χ2n) is 18.0. The first-order valence-corrected chi connectivity index (χ1v) is 22.7. The van der Waals surface area contributed by atoms with E-state index in [4.69, 9.17) is 0 Å². The van der Waals surface area contributed by atoms with Crippen LogP contribution in [0.4, 0.5) is 17.1 Å². The second kappa shape index (κ2) is 14.4. The molecule has 0 unspecified atom stereocenters. The second-order valence-corrected chi connectivity index (χ2v) is 18.0. The van der Waals surface area contributed by atoms with E-state index in [1.165, 1.54) is 93.1 Å². The maximum Gasteiger partial charge on any atom is 0.0561 e. The quantitative estimate of drug-likeness (QED) is 0.152. The lowest BCUT2D eigenvalue weighted by Crippen LogP contribution is -2.17. The molecule has 13 rings (SSSR count). The molecule has 1 heterocycles. The number of para-hydroxylation sites is 2. The summed E-state index contributed by atoms with van der Waals surface area (Å²) in [6.45, 7) is 4.76. The van der Waals surface area contributed by atoms with Crippen LogP contribution >= 0.6 is 0 Å². The van der Waals surface area contributed by atoms with Crippen molar-refractivity contribution in [2.24, 2.45) is 0 Å². The van der Waals surface area contributed by atoms with Crippen LogP contribution in [0.5, 0.6) is 0 Å². The molecule has 2 heteroatoms. The van der Waals surface area contributed by atoms with Crippen LogP contribution < -0.4 is 4.90 Å². The summed E-state index contributed by atoms with van der Waals surface area (Å²) >= 11 is 0. The van der Waals surface area contributed by atoms with E-state index in [1.807, 2.05) is 0 Å². The molecule has 65 heavy (non-hydrogen) atoms. The van der Waals surface area contributed by atoms with Crippen LogP contribution in [0, 0.1) is 0 Å². The van der Waals surface area contributed by atoms with Crippen molar-refractivity contribution in [3.8, 4) is 39.1 Å². The Hall–Kier alpha value is -8.20. The van der Waals surface area contributed by atoms with E-state index in [0.717, 1.165) is 28.3 Å². The molecule has 11 aromatic carbocycles. The molecule has 12 aromatic rings. The molecule has 0 bridgehead atoms. The minimum Gasteiger partial charge on any atom is -0.310 e. The average Bonchev–Trinajstić information content (AvgIpc) is 3.81. The Morgan fingerprint density at radius 3 is 1.78 bits per heavy atom. The number of hydrogen-bond donors (Lipinski definition) is 0. The molecule has 0 amide bonds. The van der Waals surface area contributed by atoms with E-state index in [-0.39, 0.29) is 5.41 Å². The van der Waals surface area contributed by atoms with Gasteiger partial charge in [0, 0.05) is 38.8 Å². The zero-order chi connectivity index (χ0) is 43.2. The summed E-state index contributed by atoms with van der Waals surface area (Å²) in [6, 6.07) is 85.5. The molecule has 0 N–H and O–H groups in total. The van der Waals surface area contributed by atoms with Gasteiger partial charge in [0.1, 0.15) is 0 Å². The molecule has 1 aliphatic carbocycles. The highest BCUT2D eigenvalue weighted by Crippen LogP contribution is 2.53. The molecule has 306 valence electrons. The number of nitrogens with zero attached hydrogens (tertiary/aromatic N) is 2. The normalized spacial score (nSPS) is 12.9. The molecule has 0 radical (unpaired) electrons. The standard InChI is InChI=1S/C63H44N2/c1-63(2)57-31-14-12-27-51(57)52-36-34-44(39-58(52)63)64(45-35-37-54-53-28-13-15-32-59(53)65(61(54)40-45)43-21-4-3-5-22-43)60-33-17-30-55(49-29-16-20-41-18-6-8-23-46(41)49)62(60)56-38-42-19-7-9-24-47(42)48-25-10-11-26-50(48)56/h3-40H,1-2H3. The fourth-order valence-corrected chi connectivity index (χ4v) is 11.2. The molecule has 1 aromatic heterocycles. The smallest absolute Gasteiger partial charge is 0.0561 e. The molecule has 0 saturated carbocycles. The summed E-state index contributed by atoms with van der Waals surface area (Å²) in [5.74, 6) is 0. The number of benzene rings is 11. The van der Waals surface area contributed by atoms with E-state index < -0.39 is 0 Å². The van der Waals surface area contributed by atoms with Crippen molar-refractivity contribution in [1.82, 2.24) is 4.57 Å². The van der Waals surface area contributed by atoms with Crippen molar-refractivity contribution in [2.75, 3.05) is 4.90 Å². The highest BCUT2D eigenvalue weighted by molar-refractivity contribution is 6.18. The molecule has 0 atom stereocenters. The molecular weight excluding hydrogens is 785 g/mol. The monoisotopic (exact) mass is 828 g/mol. The number of rotatable bonds is 6. The van der Waals surface area contributed by atoms with Crippen molar-refractivity contribution < 1.29 is 0 Å². The van der Waals surface area contributed by atoms with E-state index in [1.54, 1.807) is 0 Å². The van der Waals surface area contributed by atoms with Crippen LogP contribution in [0.2, 0.25) is 0 Å². The van der Waals surface area contributed by atoms with Crippen LogP contribution in [0.15, 0.2) is 231 Å². The Balaban J connectivity index is 1.17. The summed E-state index contributed by atoms with van der Waals surface area (Å²) < 4.78 is 2.43. The minimum absolute atomic E-state index is 0.181. The van der Waals surface area contributed by atoms with Gasteiger partial charge in [-0.25, -0.2) is 0 Å². The Labute approximate surface area is 378 Å². The van der Waals surface area contributed by atoms with Crippen molar-refractivity contribution in [3.05, 3.63) is 242 Å². The Morgan fingerprint density at radius 1 is 0.338 bits per heavy atom. The SMILES string of the molecule is CC1(C)c2ccccc2-c2ccc(N(c3ccc4c5ccccc5n(-c5ccccc5)c4c3)c3cccc(-c4cccc5ccccc45)c3-c3cc4ccccc4c4ccccc34)cc21. The van der Waals surface area contributed by atoms with E-state index >= 15 is 0 Å². The summed E-state index contributed by atoms with van der Waals surface area (Å²) in [4.78, 5) is 2.54. The number of anilines is 3. The first-order valence-electron chi connectivity index (χ1n) is 22.7. The van der Waals surface area contributed by atoms with Gasteiger partial charge in [-0.15, -0.1) is 0 Å². The molecule has 0 spiro atoms. The first-order chi connectivity index (χ1) is 32.0. The molecule has 0 saturated heterocycles. The van der Waals surface area contributed by atoms with Crippen molar-refractivity contribution >= 4 is 71.2 Å². The van der Waals surface area contributed by atoms with Crippen LogP contribution in [0.25, 0.3) is 93.2 Å². The van der Waals surface area contributed by atoms with Crippen LogP contribution in [0.1, 0.15) is 25.0 Å². The number of aromatic nitrogens is 1. The molecule has 2 nitrogen and oxygen atoms in total. The Kier molecular flexibility index (Phi) is 8.29. The zero-order valence-corrected chi connectivity index (χ0v) is 36.3. The van der Waals surface area contributed by atoms with Gasteiger partial charge >= 0.3 is 0 Å². The van der Waals surface area contributed by atoms with Crippen LogP contribution in [-0.4, -0.2) is 4.57 Å². The van der Waals surface area contributed by atoms with Crippen molar-refractivity contribution in [3.63, 3.8) is 0 Å². The van der Waals surface area contributed by atoms with Gasteiger partial charge in [-0.3, -0.25) is 0 Å². The average molecular weight is 829 g/mol. The van der Waals surface area contributed by atoms with E-state index in [2.05, 4.69) is 254 Å². The summed E-state index contributed by atoms with van der Waals surface area (Å²) in [5, 5.41) is 9.87. The molecular formula is C63H44N2. The predicted molar refractivity (Wildman–Crippen MR) is 276 cm³/mol. The summed E-state index contributed by atoms with van der Waals surface area (Å²) in [6.07, 6.45) is 0. The minimum atomic E-state index is -0.181. The topological polar surface area (TPSA) is 8.17 Å². The third-order valence-corrected chi connectivity index (χ3v) is 14.2. The van der Waals surface area contributed by atoms with Gasteiger partial charge < -0.3 is 9.47 Å². The summed E-state index contributed by atoms with van der Waals surface area (Å²) in [5.41, 5.74) is 16.8. The maximum absolute atomic E-state index is 2.54. The Morgan fingerprint density at radius 2 is 0.923 bits per heavy atom. The number of fused-ring (bicyclic) bond motifs is 10. The maximum atomic E-state index is 2.54. The van der Waals surface area contributed by atoms with Crippen molar-refractivity contribution in [1.29, 1.82) is 0 Å². The summed E-state index contributed by atoms with van der Waals surface area (Å²) in [7, 11) is 0. The first kappa shape index (κ1) is 37.4. The fourth-order valence-electron chi connectivity index (χ4n) is 11.2. The lowest BCUT2D eigenvalue weighted by Gasteiger charge is -2.31. The van der Waals surface area contributed by atoms with Crippen molar-refractivity contribution in [2.45, 2.75) is 19.3 Å². The largest absolute Gasteiger partial charge is 0.310 e. The van der Waals surface area contributed by atoms with Crippen LogP contribution in [-0.2, 0) is 5.41 Å². The lowest BCUT2D eigenvalue weighted by molar-refractivity contribution is 0.660. The molecule has 0 aliphatic heterocycles. The van der Waals surface area contributed by atoms with Gasteiger partial charge in [0.05, 0.1) is 16.7 Å². The molecule has 1 aliphatic rings. The highest BCUT2D eigenvalue weighted by Gasteiger charge is 2.36. The van der Waals surface area contributed by atoms with Gasteiger partial charge in [0.25, 0.3) is 0 Å².